The number of fused-ring (bicyclic) bond motifs is 1. The third kappa shape index (κ3) is 3.62. The molecule has 1 unspecified atom stereocenters. The predicted octanol–water partition coefficient (Wildman–Crippen LogP) is 2.41. The Morgan fingerprint density at radius 1 is 1.25 bits per heavy atom. The van der Waals surface area contributed by atoms with Gasteiger partial charge in [-0.2, -0.15) is 0 Å². The summed E-state index contributed by atoms with van der Waals surface area (Å²) in [5.74, 6) is -3.93. The molecule has 1 fully saturated rings. The minimum atomic E-state index is -1.87. The van der Waals surface area contributed by atoms with Crippen LogP contribution in [0.4, 0.5) is 18.6 Å². The number of primary amides is 1. The van der Waals surface area contributed by atoms with Gasteiger partial charge in [0.25, 0.3) is 11.8 Å². The van der Waals surface area contributed by atoms with Crippen LogP contribution in [-0.4, -0.2) is 35.2 Å². The van der Waals surface area contributed by atoms with E-state index in [-0.39, 0.29) is 16.1 Å². The Kier molecular flexibility index (Phi) is 5.45. The molecule has 4 rings (SSSR count). The standard InChI is InChI=1S/C21H20F2N4O4S/c1-21(12-8-10(22)6-7-13(12)23)19(30)27(20(31)26-21)9-15(28)25-18-16(17(24)29)11-4-2-3-5-14(11)32-18/h6-8H,2-5,9H2,1H3,(H2,24,29)(H,25,28)(H,26,31). The van der Waals surface area contributed by atoms with Gasteiger partial charge in [0.05, 0.1) is 5.56 Å². The first-order chi connectivity index (χ1) is 15.1. The number of benzene rings is 1. The van der Waals surface area contributed by atoms with Crippen molar-refractivity contribution in [2.75, 3.05) is 11.9 Å². The molecule has 1 aliphatic heterocycles. The Balaban J connectivity index is 1.55. The largest absolute Gasteiger partial charge is 0.365 e. The highest BCUT2D eigenvalue weighted by atomic mass is 32.1. The quantitative estimate of drug-likeness (QED) is 0.591. The fourth-order valence-corrected chi connectivity index (χ4v) is 5.44. The summed E-state index contributed by atoms with van der Waals surface area (Å²) in [6.45, 7) is 0.569. The molecule has 1 aromatic heterocycles. The minimum absolute atomic E-state index is 0.252. The molecule has 0 radical (unpaired) electrons. The smallest absolute Gasteiger partial charge is 0.325 e. The molecule has 0 bridgehead atoms. The number of carbonyl (C=O) groups excluding carboxylic acids is 4. The lowest BCUT2D eigenvalue weighted by Crippen LogP contribution is -2.42. The van der Waals surface area contributed by atoms with Gasteiger partial charge in [-0.25, -0.2) is 13.6 Å². The average Bonchev–Trinajstić information content (AvgIpc) is 3.20. The van der Waals surface area contributed by atoms with Gasteiger partial charge in [0, 0.05) is 10.4 Å². The number of aryl methyl sites for hydroxylation is 1. The number of rotatable bonds is 5. The highest BCUT2D eigenvalue weighted by molar-refractivity contribution is 7.17. The van der Waals surface area contributed by atoms with E-state index in [1.54, 1.807) is 0 Å². The van der Waals surface area contributed by atoms with Crippen LogP contribution in [0, 0.1) is 11.6 Å². The lowest BCUT2D eigenvalue weighted by atomic mass is 9.91. The van der Waals surface area contributed by atoms with E-state index in [0.29, 0.717) is 11.3 Å². The number of nitrogens with zero attached hydrogens (tertiary/aromatic N) is 1. The Morgan fingerprint density at radius 2 is 1.97 bits per heavy atom. The number of hydrogen-bond donors (Lipinski definition) is 3. The van der Waals surface area contributed by atoms with E-state index in [4.69, 9.17) is 5.73 Å². The van der Waals surface area contributed by atoms with Crippen LogP contribution in [0.2, 0.25) is 0 Å². The second-order valence-electron chi connectivity index (χ2n) is 7.90. The van der Waals surface area contributed by atoms with Gasteiger partial charge >= 0.3 is 6.03 Å². The summed E-state index contributed by atoms with van der Waals surface area (Å²) in [4.78, 5) is 51.6. The molecule has 2 heterocycles. The number of hydrogen-bond acceptors (Lipinski definition) is 5. The number of imide groups is 1. The van der Waals surface area contributed by atoms with Crippen molar-refractivity contribution in [1.82, 2.24) is 10.2 Å². The number of amides is 5. The van der Waals surface area contributed by atoms with Gasteiger partial charge in [0.2, 0.25) is 5.91 Å². The van der Waals surface area contributed by atoms with Crippen LogP contribution in [0.25, 0.3) is 0 Å². The SMILES string of the molecule is CC1(c2cc(F)ccc2F)NC(=O)N(CC(=O)Nc2sc3c(c2C(N)=O)CCCC3)C1=O. The van der Waals surface area contributed by atoms with E-state index >= 15 is 0 Å². The molecule has 8 nitrogen and oxygen atoms in total. The van der Waals surface area contributed by atoms with Crippen LogP contribution in [0.15, 0.2) is 18.2 Å². The Hall–Kier alpha value is -3.34. The van der Waals surface area contributed by atoms with Gasteiger partial charge in [-0.1, -0.05) is 0 Å². The molecule has 0 spiro atoms. The molecule has 168 valence electrons. The van der Waals surface area contributed by atoms with Crippen LogP contribution in [0.1, 0.15) is 46.1 Å². The summed E-state index contributed by atoms with van der Waals surface area (Å²) in [6, 6.07) is 1.66. The summed E-state index contributed by atoms with van der Waals surface area (Å²) in [7, 11) is 0. The maximum atomic E-state index is 14.3. The van der Waals surface area contributed by atoms with Crippen LogP contribution in [-0.2, 0) is 28.0 Å². The zero-order chi connectivity index (χ0) is 23.2. The Bertz CT molecular complexity index is 1160. The van der Waals surface area contributed by atoms with Crippen molar-refractivity contribution in [2.24, 2.45) is 5.73 Å². The number of halogens is 2. The van der Waals surface area contributed by atoms with Crippen molar-refractivity contribution in [2.45, 2.75) is 38.1 Å². The van der Waals surface area contributed by atoms with E-state index in [1.165, 1.54) is 18.3 Å². The molecule has 2 aromatic rings. The lowest BCUT2D eigenvalue weighted by molar-refractivity contribution is -0.133. The normalized spacial score (nSPS) is 20.2. The van der Waals surface area contributed by atoms with Crippen LogP contribution in [0.3, 0.4) is 0 Å². The van der Waals surface area contributed by atoms with Crippen molar-refractivity contribution < 1.29 is 28.0 Å². The summed E-state index contributed by atoms with van der Waals surface area (Å²) in [5.41, 5.74) is 4.38. The van der Waals surface area contributed by atoms with Crippen LogP contribution in [0.5, 0.6) is 0 Å². The number of nitrogens with one attached hydrogen (secondary N) is 2. The first-order valence-corrected chi connectivity index (χ1v) is 10.8. The molecule has 1 atom stereocenters. The summed E-state index contributed by atoms with van der Waals surface area (Å²) in [6.07, 6.45) is 3.34. The molecule has 0 saturated carbocycles. The monoisotopic (exact) mass is 462 g/mol. The summed E-state index contributed by atoms with van der Waals surface area (Å²) < 4.78 is 27.9. The third-order valence-electron chi connectivity index (χ3n) is 5.71. The number of nitrogens with two attached hydrogens (primary N) is 1. The predicted molar refractivity (Wildman–Crippen MR) is 112 cm³/mol. The van der Waals surface area contributed by atoms with E-state index in [9.17, 15) is 28.0 Å². The van der Waals surface area contributed by atoms with Crippen molar-refractivity contribution in [1.29, 1.82) is 0 Å². The molecule has 4 N–H and O–H groups in total. The van der Waals surface area contributed by atoms with Crippen molar-refractivity contribution in [3.05, 3.63) is 51.4 Å². The summed E-state index contributed by atoms with van der Waals surface area (Å²) >= 11 is 1.25. The molecular weight excluding hydrogens is 442 g/mol. The fourth-order valence-electron chi connectivity index (χ4n) is 4.13. The molecule has 1 saturated heterocycles. The maximum absolute atomic E-state index is 14.3. The zero-order valence-corrected chi connectivity index (χ0v) is 17.9. The van der Waals surface area contributed by atoms with Crippen LogP contribution >= 0.6 is 11.3 Å². The van der Waals surface area contributed by atoms with Gasteiger partial charge in [-0.15, -0.1) is 11.3 Å². The van der Waals surface area contributed by atoms with Gasteiger partial charge in [0.15, 0.2) is 0 Å². The molecule has 2 aliphatic rings. The molecule has 32 heavy (non-hydrogen) atoms. The second-order valence-corrected chi connectivity index (χ2v) is 9.00. The first-order valence-electron chi connectivity index (χ1n) is 9.95. The van der Waals surface area contributed by atoms with Crippen molar-refractivity contribution in [3.8, 4) is 0 Å². The van der Waals surface area contributed by atoms with Gasteiger partial charge in [0.1, 0.15) is 28.7 Å². The van der Waals surface area contributed by atoms with Gasteiger partial charge in [-0.05, 0) is 56.4 Å². The maximum Gasteiger partial charge on any atom is 0.325 e. The molecule has 11 heteroatoms. The lowest BCUT2D eigenvalue weighted by Gasteiger charge is -2.22. The molecule has 1 aliphatic carbocycles. The number of urea groups is 1. The Morgan fingerprint density at radius 3 is 2.69 bits per heavy atom. The highest BCUT2D eigenvalue weighted by Gasteiger charge is 2.51. The number of anilines is 1. The number of thiophene rings is 1. The Labute approximate surface area is 185 Å². The second kappa shape index (κ2) is 7.97. The molecular formula is C21H20F2N4O4S. The summed E-state index contributed by atoms with van der Waals surface area (Å²) in [5, 5.41) is 5.19. The van der Waals surface area contributed by atoms with E-state index < -0.39 is 47.5 Å². The average molecular weight is 462 g/mol. The minimum Gasteiger partial charge on any atom is -0.365 e. The van der Waals surface area contributed by atoms with E-state index in [0.717, 1.165) is 47.9 Å². The van der Waals surface area contributed by atoms with Crippen molar-refractivity contribution in [3.63, 3.8) is 0 Å². The molecule has 5 amide bonds. The van der Waals surface area contributed by atoms with E-state index in [1.807, 2.05) is 0 Å². The first kappa shape index (κ1) is 21.9. The molecule has 1 aromatic carbocycles. The number of carbonyl (C=O) groups is 4. The van der Waals surface area contributed by atoms with Crippen molar-refractivity contribution >= 4 is 40.1 Å². The fraction of sp³-hybridized carbons (Fsp3) is 0.333. The zero-order valence-electron chi connectivity index (χ0n) is 17.1. The van der Waals surface area contributed by atoms with E-state index in [2.05, 4.69) is 10.6 Å². The topological polar surface area (TPSA) is 122 Å². The third-order valence-corrected chi connectivity index (χ3v) is 6.92. The van der Waals surface area contributed by atoms with Gasteiger partial charge < -0.3 is 16.4 Å². The highest BCUT2D eigenvalue weighted by Crippen LogP contribution is 2.38. The van der Waals surface area contributed by atoms with Crippen LogP contribution < -0.4 is 16.4 Å². The van der Waals surface area contributed by atoms with Gasteiger partial charge in [-0.3, -0.25) is 19.3 Å².